The highest BCUT2D eigenvalue weighted by Gasteiger charge is 2.21. The van der Waals surface area contributed by atoms with E-state index in [1.54, 1.807) is 13.3 Å². The van der Waals surface area contributed by atoms with E-state index in [0.717, 1.165) is 43.5 Å². The minimum atomic E-state index is 0.624. The van der Waals surface area contributed by atoms with E-state index in [1.165, 1.54) is 5.57 Å². The van der Waals surface area contributed by atoms with Crippen LogP contribution in [-0.4, -0.2) is 51.4 Å². The van der Waals surface area contributed by atoms with E-state index in [2.05, 4.69) is 37.8 Å². The van der Waals surface area contributed by atoms with Crippen molar-refractivity contribution in [3.8, 4) is 11.5 Å². The van der Waals surface area contributed by atoms with Gasteiger partial charge in [-0.25, -0.2) is 0 Å². The number of ether oxygens (including phenoxy) is 1. The lowest BCUT2D eigenvalue weighted by Crippen LogP contribution is -2.32. The lowest BCUT2D eigenvalue weighted by molar-refractivity contribution is 0.187. The highest BCUT2D eigenvalue weighted by molar-refractivity contribution is 5.53. The van der Waals surface area contributed by atoms with Crippen molar-refractivity contribution in [3.05, 3.63) is 23.9 Å². The number of aromatic nitrogens is 5. The number of hydrogen-bond acceptors (Lipinski definition) is 5. The topological polar surface area (TPSA) is 61.0 Å². The first-order chi connectivity index (χ1) is 10.7. The summed E-state index contributed by atoms with van der Waals surface area (Å²) in [5, 5.41) is 13.1. The van der Waals surface area contributed by atoms with Crippen molar-refractivity contribution < 1.29 is 4.74 Å². The second kappa shape index (κ2) is 6.31. The second-order valence-corrected chi connectivity index (χ2v) is 5.57. The molecule has 0 saturated carbocycles. The molecule has 0 aliphatic carbocycles. The van der Waals surface area contributed by atoms with Crippen molar-refractivity contribution in [1.82, 2.24) is 24.5 Å². The van der Waals surface area contributed by atoms with Crippen LogP contribution in [-0.2, 0) is 18.3 Å². The zero-order valence-electron chi connectivity index (χ0n) is 13.4. The van der Waals surface area contributed by atoms with Gasteiger partial charge in [0, 0.05) is 33.4 Å². The molecule has 0 fully saturated rings. The summed E-state index contributed by atoms with van der Waals surface area (Å²) in [7, 11) is 3.62. The molecule has 2 aromatic rings. The quantitative estimate of drug-likeness (QED) is 0.783. The van der Waals surface area contributed by atoms with Crippen LogP contribution < -0.4 is 4.90 Å². The molecule has 0 N–H and O–H groups in total. The molecule has 22 heavy (non-hydrogen) atoms. The van der Waals surface area contributed by atoms with Gasteiger partial charge in [0.05, 0.1) is 13.2 Å². The van der Waals surface area contributed by atoms with E-state index in [0.29, 0.717) is 6.61 Å². The number of rotatable bonds is 5. The van der Waals surface area contributed by atoms with Crippen molar-refractivity contribution in [2.24, 2.45) is 7.05 Å². The maximum Gasteiger partial charge on any atom is 0.227 e. The van der Waals surface area contributed by atoms with E-state index < -0.39 is 0 Å². The first-order valence-electron chi connectivity index (χ1n) is 7.52. The molecule has 3 heterocycles. The number of methoxy groups -OCH3 is 1. The van der Waals surface area contributed by atoms with Gasteiger partial charge in [-0.05, 0) is 19.4 Å². The summed E-state index contributed by atoms with van der Waals surface area (Å²) in [4.78, 5) is 2.28. The molecular formula is C15H22N6O. The van der Waals surface area contributed by atoms with Crippen LogP contribution in [0.3, 0.4) is 0 Å². The summed E-state index contributed by atoms with van der Waals surface area (Å²) in [6.45, 7) is 5.37. The van der Waals surface area contributed by atoms with Gasteiger partial charge in [-0.2, -0.15) is 5.10 Å². The molecule has 1 aliphatic heterocycles. The van der Waals surface area contributed by atoms with E-state index in [-0.39, 0.29) is 0 Å². The SMILES string of the molecule is COCCn1c(-c2ccnn2C)nnc1N1CCC=C(C)C1. The molecule has 0 amide bonds. The Morgan fingerprint density at radius 2 is 2.18 bits per heavy atom. The maximum atomic E-state index is 5.25. The largest absolute Gasteiger partial charge is 0.383 e. The Balaban J connectivity index is 1.98. The minimum Gasteiger partial charge on any atom is -0.383 e. The van der Waals surface area contributed by atoms with Crippen molar-refractivity contribution >= 4 is 5.95 Å². The van der Waals surface area contributed by atoms with Crippen molar-refractivity contribution in [1.29, 1.82) is 0 Å². The Labute approximate surface area is 130 Å². The van der Waals surface area contributed by atoms with Crippen LogP contribution in [0.15, 0.2) is 23.9 Å². The standard InChI is InChI=1S/C15H22N6O/c1-12-5-4-8-20(11-12)15-18-17-14(21(15)9-10-22-3)13-6-7-16-19(13)2/h5-7H,4,8-11H2,1-3H3. The fraction of sp³-hybridized carbons (Fsp3) is 0.533. The smallest absolute Gasteiger partial charge is 0.227 e. The Bertz CT molecular complexity index is 671. The monoisotopic (exact) mass is 302 g/mol. The number of anilines is 1. The molecule has 0 aromatic carbocycles. The van der Waals surface area contributed by atoms with Gasteiger partial charge in [0.2, 0.25) is 5.95 Å². The molecule has 2 aromatic heterocycles. The first-order valence-corrected chi connectivity index (χ1v) is 7.52. The first kappa shape index (κ1) is 14.8. The predicted molar refractivity (Wildman–Crippen MR) is 84.7 cm³/mol. The Morgan fingerprint density at radius 1 is 1.32 bits per heavy atom. The van der Waals surface area contributed by atoms with Gasteiger partial charge in [-0.15, -0.1) is 10.2 Å². The molecule has 1 aliphatic rings. The number of aryl methyl sites for hydroxylation is 1. The van der Waals surface area contributed by atoms with Crippen LogP contribution in [0.25, 0.3) is 11.5 Å². The van der Waals surface area contributed by atoms with Crippen molar-refractivity contribution in [2.75, 3.05) is 31.7 Å². The van der Waals surface area contributed by atoms with Crippen LogP contribution in [0.5, 0.6) is 0 Å². The van der Waals surface area contributed by atoms with E-state index in [9.17, 15) is 0 Å². The summed E-state index contributed by atoms with van der Waals surface area (Å²) in [6.07, 6.45) is 5.11. The normalized spacial score (nSPS) is 15.2. The number of hydrogen-bond donors (Lipinski definition) is 0. The van der Waals surface area contributed by atoms with E-state index >= 15 is 0 Å². The Morgan fingerprint density at radius 3 is 2.86 bits per heavy atom. The van der Waals surface area contributed by atoms with Gasteiger partial charge in [-0.3, -0.25) is 9.25 Å². The lowest BCUT2D eigenvalue weighted by Gasteiger charge is -2.27. The number of nitrogens with zero attached hydrogens (tertiary/aromatic N) is 6. The lowest BCUT2D eigenvalue weighted by atomic mass is 10.1. The zero-order valence-corrected chi connectivity index (χ0v) is 13.4. The molecule has 0 radical (unpaired) electrons. The van der Waals surface area contributed by atoms with Gasteiger partial charge in [-0.1, -0.05) is 11.6 Å². The fourth-order valence-electron chi connectivity index (χ4n) is 2.78. The summed E-state index contributed by atoms with van der Waals surface area (Å²) in [5.41, 5.74) is 2.33. The minimum absolute atomic E-state index is 0.624. The molecular weight excluding hydrogens is 280 g/mol. The third-order valence-corrected chi connectivity index (χ3v) is 3.92. The fourth-order valence-corrected chi connectivity index (χ4v) is 2.78. The molecule has 7 nitrogen and oxygen atoms in total. The van der Waals surface area contributed by atoms with Crippen LogP contribution >= 0.6 is 0 Å². The maximum absolute atomic E-state index is 5.25. The zero-order chi connectivity index (χ0) is 15.5. The van der Waals surface area contributed by atoms with Crippen LogP contribution in [0.4, 0.5) is 5.95 Å². The molecule has 118 valence electrons. The van der Waals surface area contributed by atoms with Crippen LogP contribution in [0.1, 0.15) is 13.3 Å². The van der Waals surface area contributed by atoms with Crippen LogP contribution in [0.2, 0.25) is 0 Å². The van der Waals surface area contributed by atoms with Gasteiger partial charge in [0.1, 0.15) is 5.69 Å². The van der Waals surface area contributed by atoms with Crippen molar-refractivity contribution in [2.45, 2.75) is 19.9 Å². The summed E-state index contributed by atoms with van der Waals surface area (Å²) in [6, 6.07) is 1.96. The van der Waals surface area contributed by atoms with E-state index in [4.69, 9.17) is 4.74 Å². The van der Waals surface area contributed by atoms with E-state index in [1.807, 2.05) is 17.8 Å². The van der Waals surface area contributed by atoms with Crippen molar-refractivity contribution in [3.63, 3.8) is 0 Å². The average Bonchev–Trinajstić information content (AvgIpc) is 3.10. The Kier molecular flexibility index (Phi) is 4.24. The molecule has 0 bridgehead atoms. The Hall–Kier alpha value is -2.15. The highest BCUT2D eigenvalue weighted by atomic mass is 16.5. The molecule has 0 saturated heterocycles. The second-order valence-electron chi connectivity index (χ2n) is 5.57. The predicted octanol–water partition coefficient (Wildman–Crippen LogP) is 1.48. The molecule has 7 heteroatoms. The molecule has 0 atom stereocenters. The third-order valence-electron chi connectivity index (χ3n) is 3.92. The van der Waals surface area contributed by atoms with Gasteiger partial charge in [0.15, 0.2) is 5.82 Å². The van der Waals surface area contributed by atoms with Gasteiger partial charge < -0.3 is 9.64 Å². The molecule has 0 unspecified atom stereocenters. The molecule has 3 rings (SSSR count). The summed E-state index contributed by atoms with van der Waals surface area (Å²) < 4.78 is 9.19. The van der Waals surface area contributed by atoms with Gasteiger partial charge in [0.25, 0.3) is 0 Å². The summed E-state index contributed by atoms with van der Waals surface area (Å²) >= 11 is 0. The van der Waals surface area contributed by atoms with Crippen LogP contribution in [0, 0.1) is 0 Å². The molecule has 0 spiro atoms. The average molecular weight is 302 g/mol. The summed E-state index contributed by atoms with van der Waals surface area (Å²) in [5.74, 6) is 1.74. The van der Waals surface area contributed by atoms with Gasteiger partial charge >= 0.3 is 0 Å². The third kappa shape index (κ3) is 2.76. The highest BCUT2D eigenvalue weighted by Crippen LogP contribution is 2.24.